The van der Waals surface area contributed by atoms with Gasteiger partial charge in [-0.1, -0.05) is 24.3 Å². The first-order valence-corrected chi connectivity index (χ1v) is 7.90. The van der Waals surface area contributed by atoms with E-state index in [-0.39, 0.29) is 5.91 Å². The van der Waals surface area contributed by atoms with Crippen LogP contribution in [0.25, 0.3) is 10.9 Å². The van der Waals surface area contributed by atoms with Gasteiger partial charge in [0.1, 0.15) is 0 Å². The smallest absolute Gasteiger partial charge is 0.255 e. The van der Waals surface area contributed by atoms with Gasteiger partial charge in [0.2, 0.25) is 0 Å². The van der Waals surface area contributed by atoms with Gasteiger partial charge in [-0.2, -0.15) is 0 Å². The van der Waals surface area contributed by atoms with Crippen molar-refractivity contribution in [2.24, 2.45) is 0 Å². The van der Waals surface area contributed by atoms with E-state index in [9.17, 15) is 4.79 Å². The molecule has 1 amide bonds. The SMILES string of the molecule is CN(C)C(=O)C1(C)CN(Cc2cccc3cccnc23)CCO1. The molecule has 1 aromatic heterocycles. The molecule has 0 spiro atoms. The average molecular weight is 313 g/mol. The maximum absolute atomic E-state index is 12.4. The third-order valence-corrected chi connectivity index (χ3v) is 4.32. The predicted molar refractivity (Wildman–Crippen MR) is 90.1 cm³/mol. The summed E-state index contributed by atoms with van der Waals surface area (Å²) in [4.78, 5) is 20.8. The minimum atomic E-state index is -0.778. The summed E-state index contributed by atoms with van der Waals surface area (Å²) in [5.41, 5.74) is 1.44. The van der Waals surface area contributed by atoms with Crippen LogP contribution in [-0.2, 0) is 16.1 Å². The molecule has 2 heterocycles. The van der Waals surface area contributed by atoms with E-state index in [0.29, 0.717) is 13.2 Å². The molecule has 1 saturated heterocycles. The maximum atomic E-state index is 12.4. The zero-order chi connectivity index (χ0) is 16.4. The monoisotopic (exact) mass is 313 g/mol. The molecule has 1 aromatic carbocycles. The number of likely N-dealkylation sites (N-methyl/N-ethyl adjacent to an activating group) is 1. The number of fused-ring (bicyclic) bond motifs is 1. The van der Waals surface area contributed by atoms with Gasteiger partial charge in [0.15, 0.2) is 5.60 Å². The van der Waals surface area contributed by atoms with Crippen LogP contribution in [0.1, 0.15) is 12.5 Å². The number of pyridine rings is 1. The highest BCUT2D eigenvalue weighted by Gasteiger charge is 2.40. The summed E-state index contributed by atoms with van der Waals surface area (Å²) >= 11 is 0. The van der Waals surface area contributed by atoms with Crippen LogP contribution in [0, 0.1) is 0 Å². The lowest BCUT2D eigenvalue weighted by Gasteiger charge is -2.40. The van der Waals surface area contributed by atoms with Crippen molar-refractivity contribution in [3.8, 4) is 0 Å². The lowest BCUT2D eigenvalue weighted by molar-refractivity contribution is -0.165. The second kappa shape index (κ2) is 6.26. The summed E-state index contributed by atoms with van der Waals surface area (Å²) in [7, 11) is 3.54. The Kier molecular flexibility index (Phi) is 4.33. The van der Waals surface area contributed by atoms with Crippen LogP contribution in [0.3, 0.4) is 0 Å². The highest BCUT2D eigenvalue weighted by atomic mass is 16.5. The second-order valence-electron chi connectivity index (χ2n) is 6.48. The van der Waals surface area contributed by atoms with Gasteiger partial charge in [-0.3, -0.25) is 14.7 Å². The van der Waals surface area contributed by atoms with Crippen molar-refractivity contribution >= 4 is 16.8 Å². The standard InChI is InChI=1S/C18H23N3O2/c1-18(17(22)20(2)3)13-21(10-11-23-18)12-15-7-4-6-14-8-5-9-19-16(14)15/h4-9H,10-13H2,1-3H3. The van der Waals surface area contributed by atoms with E-state index in [1.54, 1.807) is 19.0 Å². The predicted octanol–water partition coefficient (Wildman–Crippen LogP) is 1.91. The molecule has 1 unspecified atom stereocenters. The number of amides is 1. The number of para-hydroxylation sites is 1. The molecular formula is C18H23N3O2. The Morgan fingerprint density at radius 2 is 2.13 bits per heavy atom. The molecule has 1 aliphatic heterocycles. The number of ether oxygens (including phenoxy) is 1. The molecule has 0 aliphatic carbocycles. The molecule has 5 nitrogen and oxygen atoms in total. The molecule has 122 valence electrons. The topological polar surface area (TPSA) is 45.7 Å². The molecule has 2 aromatic rings. The van der Waals surface area contributed by atoms with Crippen LogP contribution in [0.5, 0.6) is 0 Å². The van der Waals surface area contributed by atoms with E-state index >= 15 is 0 Å². The Labute approximate surface area is 136 Å². The van der Waals surface area contributed by atoms with Gasteiger partial charge in [-0.15, -0.1) is 0 Å². The van der Waals surface area contributed by atoms with Crippen LogP contribution in [0.2, 0.25) is 0 Å². The second-order valence-corrected chi connectivity index (χ2v) is 6.48. The highest BCUT2D eigenvalue weighted by molar-refractivity contribution is 5.85. The Hall–Kier alpha value is -1.98. The van der Waals surface area contributed by atoms with Gasteiger partial charge in [-0.25, -0.2) is 0 Å². The summed E-state index contributed by atoms with van der Waals surface area (Å²) in [5.74, 6) is 0.0123. The van der Waals surface area contributed by atoms with Crippen LogP contribution in [0.15, 0.2) is 36.5 Å². The van der Waals surface area contributed by atoms with Crippen LogP contribution < -0.4 is 0 Å². The Balaban J connectivity index is 1.81. The fourth-order valence-electron chi connectivity index (χ4n) is 3.22. The minimum absolute atomic E-state index is 0.0123. The quantitative estimate of drug-likeness (QED) is 0.868. The number of carbonyl (C=O) groups excluding carboxylic acids is 1. The van der Waals surface area contributed by atoms with Gasteiger partial charge in [0, 0.05) is 45.3 Å². The summed E-state index contributed by atoms with van der Waals surface area (Å²) in [6.07, 6.45) is 1.82. The Morgan fingerprint density at radius 1 is 1.35 bits per heavy atom. The molecule has 0 saturated carbocycles. The largest absolute Gasteiger partial charge is 0.363 e. The molecular weight excluding hydrogens is 290 g/mol. The first-order chi connectivity index (χ1) is 11.0. The Morgan fingerprint density at radius 3 is 2.91 bits per heavy atom. The lowest BCUT2D eigenvalue weighted by atomic mass is 10.0. The van der Waals surface area contributed by atoms with E-state index < -0.39 is 5.60 Å². The van der Waals surface area contributed by atoms with E-state index in [1.807, 2.05) is 19.2 Å². The van der Waals surface area contributed by atoms with Crippen molar-refractivity contribution in [3.63, 3.8) is 0 Å². The number of hydrogen-bond acceptors (Lipinski definition) is 4. The van der Waals surface area contributed by atoms with Crippen LogP contribution in [-0.4, -0.2) is 60.1 Å². The van der Waals surface area contributed by atoms with Gasteiger partial charge < -0.3 is 9.64 Å². The fourth-order valence-corrected chi connectivity index (χ4v) is 3.22. The molecule has 0 N–H and O–H groups in total. The number of benzene rings is 1. The van der Waals surface area contributed by atoms with Crippen LogP contribution in [0.4, 0.5) is 0 Å². The zero-order valence-electron chi connectivity index (χ0n) is 14.0. The molecule has 0 radical (unpaired) electrons. The van der Waals surface area contributed by atoms with E-state index in [2.05, 4.69) is 34.1 Å². The third-order valence-electron chi connectivity index (χ3n) is 4.32. The van der Waals surface area contributed by atoms with Crippen LogP contribution >= 0.6 is 0 Å². The molecule has 1 atom stereocenters. The van der Waals surface area contributed by atoms with Gasteiger partial charge in [0.25, 0.3) is 5.91 Å². The number of rotatable bonds is 3. The summed E-state index contributed by atoms with van der Waals surface area (Å²) in [6.45, 7) is 4.62. The van der Waals surface area contributed by atoms with Gasteiger partial charge in [-0.05, 0) is 18.6 Å². The first-order valence-electron chi connectivity index (χ1n) is 7.90. The van der Waals surface area contributed by atoms with Crippen molar-refractivity contribution in [3.05, 3.63) is 42.1 Å². The molecule has 0 bridgehead atoms. The number of hydrogen-bond donors (Lipinski definition) is 0. The molecule has 3 rings (SSSR count). The fraction of sp³-hybridized carbons (Fsp3) is 0.444. The number of nitrogens with zero attached hydrogens (tertiary/aromatic N) is 3. The Bertz CT molecular complexity index is 711. The van der Waals surface area contributed by atoms with Crippen molar-refractivity contribution < 1.29 is 9.53 Å². The number of aromatic nitrogens is 1. The van der Waals surface area contributed by atoms with Crippen molar-refractivity contribution in [1.29, 1.82) is 0 Å². The maximum Gasteiger partial charge on any atom is 0.255 e. The van der Waals surface area contributed by atoms with E-state index in [0.717, 1.165) is 24.0 Å². The van der Waals surface area contributed by atoms with Gasteiger partial charge in [0.05, 0.1) is 12.1 Å². The normalized spacial score (nSPS) is 22.2. The van der Waals surface area contributed by atoms with E-state index in [4.69, 9.17) is 4.74 Å². The number of morpholine rings is 1. The third kappa shape index (κ3) is 3.21. The average Bonchev–Trinajstić information content (AvgIpc) is 2.54. The zero-order valence-corrected chi connectivity index (χ0v) is 14.0. The molecule has 23 heavy (non-hydrogen) atoms. The highest BCUT2D eigenvalue weighted by Crippen LogP contribution is 2.23. The molecule has 5 heteroatoms. The van der Waals surface area contributed by atoms with Crippen molar-refractivity contribution in [1.82, 2.24) is 14.8 Å². The summed E-state index contributed by atoms with van der Waals surface area (Å²) in [5, 5.41) is 1.14. The summed E-state index contributed by atoms with van der Waals surface area (Å²) < 4.78 is 5.80. The van der Waals surface area contributed by atoms with Gasteiger partial charge >= 0.3 is 0 Å². The first kappa shape index (κ1) is 15.9. The molecule has 1 fully saturated rings. The lowest BCUT2D eigenvalue weighted by Crippen LogP contribution is -2.57. The summed E-state index contributed by atoms with van der Waals surface area (Å²) in [6, 6.07) is 10.3. The molecule has 1 aliphatic rings. The van der Waals surface area contributed by atoms with Crippen molar-refractivity contribution in [2.75, 3.05) is 33.8 Å². The number of carbonyl (C=O) groups is 1. The van der Waals surface area contributed by atoms with E-state index in [1.165, 1.54) is 5.56 Å². The minimum Gasteiger partial charge on any atom is -0.363 e. The van der Waals surface area contributed by atoms with Crippen molar-refractivity contribution in [2.45, 2.75) is 19.1 Å².